The lowest BCUT2D eigenvalue weighted by molar-refractivity contribution is -0.137. The third kappa shape index (κ3) is 1.31. The highest BCUT2D eigenvalue weighted by atomic mass is 16.4. The van der Waals surface area contributed by atoms with Crippen LogP contribution in [0.2, 0.25) is 0 Å². The first kappa shape index (κ1) is 8.62. The molecule has 4 heteroatoms. The van der Waals surface area contributed by atoms with Crippen molar-refractivity contribution in [2.45, 2.75) is 6.54 Å². The first-order valence-electron chi connectivity index (χ1n) is 4.17. The Labute approximate surface area is 80.0 Å². The van der Waals surface area contributed by atoms with Gasteiger partial charge in [0.2, 0.25) is 0 Å². The number of aromatic hydroxyl groups is 1. The second-order valence-corrected chi connectivity index (χ2v) is 3.05. The highest BCUT2D eigenvalue weighted by molar-refractivity contribution is 5.87. The SMILES string of the molecule is O=C(O)Cn1ccc2c(O)cccc21. The molecule has 0 spiro atoms. The third-order valence-electron chi connectivity index (χ3n) is 2.10. The molecule has 72 valence electrons. The van der Waals surface area contributed by atoms with E-state index in [9.17, 15) is 9.90 Å². The largest absolute Gasteiger partial charge is 0.507 e. The van der Waals surface area contributed by atoms with Crippen LogP contribution in [0.3, 0.4) is 0 Å². The molecule has 0 saturated carbocycles. The van der Waals surface area contributed by atoms with Gasteiger partial charge in [-0.15, -0.1) is 0 Å². The zero-order valence-electron chi connectivity index (χ0n) is 7.34. The Morgan fingerprint density at radius 2 is 2.14 bits per heavy atom. The Morgan fingerprint density at radius 3 is 2.86 bits per heavy atom. The summed E-state index contributed by atoms with van der Waals surface area (Å²) >= 11 is 0. The Hall–Kier alpha value is -1.97. The molecule has 0 radical (unpaired) electrons. The normalized spacial score (nSPS) is 10.6. The Balaban J connectivity index is 2.58. The van der Waals surface area contributed by atoms with E-state index in [1.54, 1.807) is 35.0 Å². The van der Waals surface area contributed by atoms with E-state index in [4.69, 9.17) is 5.11 Å². The fourth-order valence-corrected chi connectivity index (χ4v) is 1.49. The number of phenols is 1. The first-order chi connectivity index (χ1) is 6.68. The molecule has 1 aromatic heterocycles. The van der Waals surface area contributed by atoms with Crippen molar-refractivity contribution in [2.75, 3.05) is 0 Å². The number of phenolic OH excluding ortho intramolecular Hbond substituents is 1. The number of carbonyl (C=O) groups is 1. The van der Waals surface area contributed by atoms with Gasteiger partial charge in [0, 0.05) is 11.6 Å². The van der Waals surface area contributed by atoms with Gasteiger partial charge >= 0.3 is 5.97 Å². The molecule has 4 nitrogen and oxygen atoms in total. The van der Waals surface area contributed by atoms with Crippen LogP contribution in [-0.2, 0) is 11.3 Å². The third-order valence-corrected chi connectivity index (χ3v) is 2.10. The monoisotopic (exact) mass is 191 g/mol. The summed E-state index contributed by atoms with van der Waals surface area (Å²) in [6.45, 7) is -0.0903. The quantitative estimate of drug-likeness (QED) is 0.754. The number of aliphatic carboxylic acids is 1. The molecule has 0 fully saturated rings. The number of hydrogen-bond donors (Lipinski definition) is 2. The molecule has 1 heterocycles. The topological polar surface area (TPSA) is 62.5 Å². The van der Waals surface area contributed by atoms with Gasteiger partial charge in [0.05, 0.1) is 5.52 Å². The molecule has 0 unspecified atom stereocenters. The van der Waals surface area contributed by atoms with E-state index < -0.39 is 5.97 Å². The number of benzene rings is 1. The predicted molar refractivity (Wildman–Crippen MR) is 51.2 cm³/mol. The minimum atomic E-state index is -0.897. The van der Waals surface area contributed by atoms with Crippen LogP contribution in [0, 0.1) is 0 Å². The van der Waals surface area contributed by atoms with Crippen LogP contribution in [0.1, 0.15) is 0 Å². The molecule has 2 aromatic rings. The van der Waals surface area contributed by atoms with Gasteiger partial charge in [-0.2, -0.15) is 0 Å². The lowest BCUT2D eigenvalue weighted by Gasteiger charge is -2.01. The molecular weight excluding hydrogens is 182 g/mol. The highest BCUT2D eigenvalue weighted by Gasteiger charge is 2.06. The van der Waals surface area contributed by atoms with Gasteiger partial charge in [0.15, 0.2) is 0 Å². The molecule has 0 atom stereocenters. The molecule has 0 aliphatic carbocycles. The molecule has 1 aromatic carbocycles. The zero-order chi connectivity index (χ0) is 10.1. The van der Waals surface area contributed by atoms with Crippen LogP contribution < -0.4 is 0 Å². The summed E-state index contributed by atoms with van der Waals surface area (Å²) in [6.07, 6.45) is 1.65. The molecule has 0 aliphatic rings. The van der Waals surface area contributed by atoms with Crippen LogP contribution in [0.5, 0.6) is 5.75 Å². The van der Waals surface area contributed by atoms with E-state index in [0.717, 1.165) is 5.52 Å². The van der Waals surface area contributed by atoms with Crippen molar-refractivity contribution in [2.24, 2.45) is 0 Å². The molecule has 2 rings (SSSR count). The fourth-order valence-electron chi connectivity index (χ4n) is 1.49. The summed E-state index contributed by atoms with van der Waals surface area (Å²) < 4.78 is 1.58. The number of carboxylic acid groups (broad SMARTS) is 1. The molecular formula is C10H9NO3. The lowest BCUT2D eigenvalue weighted by atomic mass is 10.2. The summed E-state index contributed by atoms with van der Waals surface area (Å²) in [6, 6.07) is 6.75. The van der Waals surface area contributed by atoms with Gasteiger partial charge in [-0.3, -0.25) is 4.79 Å². The molecule has 0 bridgehead atoms. The van der Waals surface area contributed by atoms with Gasteiger partial charge < -0.3 is 14.8 Å². The maximum atomic E-state index is 10.5. The van der Waals surface area contributed by atoms with Crippen LogP contribution in [0.4, 0.5) is 0 Å². The maximum absolute atomic E-state index is 10.5. The number of rotatable bonds is 2. The van der Waals surface area contributed by atoms with Gasteiger partial charge in [-0.05, 0) is 18.2 Å². The average molecular weight is 191 g/mol. The fraction of sp³-hybridized carbons (Fsp3) is 0.100. The lowest BCUT2D eigenvalue weighted by Crippen LogP contribution is -2.06. The molecule has 0 amide bonds. The summed E-state index contributed by atoms with van der Waals surface area (Å²) in [5, 5.41) is 18.8. The molecule has 14 heavy (non-hydrogen) atoms. The van der Waals surface area contributed by atoms with E-state index in [0.29, 0.717) is 5.39 Å². The number of nitrogens with zero attached hydrogens (tertiary/aromatic N) is 1. The van der Waals surface area contributed by atoms with Gasteiger partial charge in [0.1, 0.15) is 12.3 Å². The smallest absolute Gasteiger partial charge is 0.323 e. The van der Waals surface area contributed by atoms with Crippen molar-refractivity contribution >= 4 is 16.9 Å². The molecule has 2 N–H and O–H groups in total. The Kier molecular flexibility index (Phi) is 1.89. The zero-order valence-corrected chi connectivity index (χ0v) is 7.34. The van der Waals surface area contributed by atoms with E-state index in [1.165, 1.54) is 0 Å². The maximum Gasteiger partial charge on any atom is 0.323 e. The van der Waals surface area contributed by atoms with E-state index in [1.807, 2.05) is 0 Å². The Bertz CT molecular complexity index is 487. The summed E-state index contributed by atoms with van der Waals surface area (Å²) in [4.78, 5) is 10.5. The van der Waals surface area contributed by atoms with Gasteiger partial charge in [-0.1, -0.05) is 6.07 Å². The number of hydrogen-bond acceptors (Lipinski definition) is 2. The molecule has 0 saturated heterocycles. The minimum absolute atomic E-state index is 0.0903. The number of fused-ring (bicyclic) bond motifs is 1. The van der Waals surface area contributed by atoms with Crippen molar-refractivity contribution in [1.29, 1.82) is 0 Å². The van der Waals surface area contributed by atoms with E-state index >= 15 is 0 Å². The summed E-state index contributed by atoms with van der Waals surface area (Å²) in [7, 11) is 0. The first-order valence-corrected chi connectivity index (χ1v) is 4.17. The number of carboxylic acids is 1. The standard InChI is InChI=1S/C10H9NO3/c12-9-3-1-2-8-7(9)4-5-11(8)6-10(13)14/h1-5,12H,6H2,(H,13,14). The van der Waals surface area contributed by atoms with Crippen molar-refractivity contribution < 1.29 is 15.0 Å². The van der Waals surface area contributed by atoms with Crippen molar-refractivity contribution in [3.63, 3.8) is 0 Å². The van der Waals surface area contributed by atoms with Gasteiger partial charge in [-0.25, -0.2) is 0 Å². The van der Waals surface area contributed by atoms with Crippen molar-refractivity contribution in [3.05, 3.63) is 30.5 Å². The van der Waals surface area contributed by atoms with E-state index in [2.05, 4.69) is 0 Å². The van der Waals surface area contributed by atoms with Crippen LogP contribution in [0.25, 0.3) is 10.9 Å². The highest BCUT2D eigenvalue weighted by Crippen LogP contribution is 2.24. The van der Waals surface area contributed by atoms with Gasteiger partial charge in [0.25, 0.3) is 0 Å². The Morgan fingerprint density at radius 1 is 1.36 bits per heavy atom. The summed E-state index contributed by atoms with van der Waals surface area (Å²) in [5.41, 5.74) is 0.729. The summed E-state index contributed by atoms with van der Waals surface area (Å²) in [5.74, 6) is -0.725. The van der Waals surface area contributed by atoms with Crippen LogP contribution in [0.15, 0.2) is 30.5 Å². The van der Waals surface area contributed by atoms with Crippen LogP contribution in [-0.4, -0.2) is 20.7 Å². The average Bonchev–Trinajstić information content (AvgIpc) is 2.49. The molecule has 0 aliphatic heterocycles. The predicted octanol–water partition coefficient (Wildman–Crippen LogP) is 1.43. The van der Waals surface area contributed by atoms with Crippen molar-refractivity contribution in [1.82, 2.24) is 4.57 Å². The number of aromatic nitrogens is 1. The van der Waals surface area contributed by atoms with E-state index in [-0.39, 0.29) is 12.3 Å². The second kappa shape index (κ2) is 3.06. The van der Waals surface area contributed by atoms with Crippen LogP contribution >= 0.6 is 0 Å². The van der Waals surface area contributed by atoms with Crippen molar-refractivity contribution in [3.8, 4) is 5.75 Å². The minimum Gasteiger partial charge on any atom is -0.507 e. The second-order valence-electron chi connectivity index (χ2n) is 3.05.